The molecule has 0 heterocycles. The molecule has 2 atom stereocenters. The molecular formula is C13H20BrCl2NO. The number of nitrogens with two attached hydrogens (primary N) is 1. The van der Waals surface area contributed by atoms with E-state index < -0.39 is 12.1 Å². The van der Waals surface area contributed by atoms with E-state index in [4.69, 9.17) is 17.3 Å². The number of hydrogen-bond donors (Lipinski definition) is 2. The zero-order valence-electron chi connectivity index (χ0n) is 10.6. The summed E-state index contributed by atoms with van der Waals surface area (Å²) in [5.74, 6) is 0.565. The van der Waals surface area contributed by atoms with Gasteiger partial charge in [-0.1, -0.05) is 41.4 Å². The third-order valence-corrected chi connectivity index (χ3v) is 3.61. The van der Waals surface area contributed by atoms with Crippen LogP contribution in [0.3, 0.4) is 0 Å². The molecule has 0 spiro atoms. The van der Waals surface area contributed by atoms with Gasteiger partial charge >= 0.3 is 0 Å². The second kappa shape index (κ2) is 8.39. The first kappa shape index (κ1) is 18.2. The summed E-state index contributed by atoms with van der Waals surface area (Å²) < 4.78 is 0.920. The lowest BCUT2D eigenvalue weighted by atomic mass is 9.96. The van der Waals surface area contributed by atoms with Crippen LogP contribution in [-0.4, -0.2) is 11.2 Å². The van der Waals surface area contributed by atoms with E-state index in [1.165, 1.54) is 0 Å². The van der Waals surface area contributed by atoms with E-state index in [-0.39, 0.29) is 12.4 Å². The van der Waals surface area contributed by atoms with E-state index in [0.717, 1.165) is 16.5 Å². The summed E-state index contributed by atoms with van der Waals surface area (Å²) in [5.41, 5.74) is 6.83. The first-order valence-electron chi connectivity index (χ1n) is 5.80. The summed E-state index contributed by atoms with van der Waals surface area (Å²) in [7, 11) is 0. The molecular weight excluding hydrogens is 337 g/mol. The van der Waals surface area contributed by atoms with Gasteiger partial charge in [-0.25, -0.2) is 0 Å². The number of aliphatic hydroxyl groups is 1. The Morgan fingerprint density at radius 2 is 1.94 bits per heavy atom. The molecule has 1 rings (SSSR count). The summed E-state index contributed by atoms with van der Waals surface area (Å²) >= 11 is 9.47. The average molecular weight is 357 g/mol. The Hall–Kier alpha value is 0.200. The Labute approximate surface area is 128 Å². The summed E-state index contributed by atoms with van der Waals surface area (Å²) in [4.78, 5) is 0. The molecule has 0 amide bonds. The van der Waals surface area contributed by atoms with Crippen LogP contribution in [0.4, 0.5) is 0 Å². The smallest absolute Gasteiger partial charge is 0.0733 e. The van der Waals surface area contributed by atoms with Crippen molar-refractivity contribution < 1.29 is 5.11 Å². The fraction of sp³-hybridized carbons (Fsp3) is 0.538. The Morgan fingerprint density at radius 3 is 2.50 bits per heavy atom. The molecule has 2 nitrogen and oxygen atoms in total. The monoisotopic (exact) mass is 355 g/mol. The molecule has 0 aliphatic carbocycles. The summed E-state index contributed by atoms with van der Waals surface area (Å²) in [6.07, 6.45) is 1.10. The van der Waals surface area contributed by atoms with Gasteiger partial charge in [-0.2, -0.15) is 0 Å². The van der Waals surface area contributed by atoms with Crippen molar-refractivity contribution in [3.63, 3.8) is 0 Å². The number of benzene rings is 1. The second-order valence-corrected chi connectivity index (χ2v) is 6.05. The molecule has 0 aliphatic rings. The Bertz CT molecular complexity index is 374. The van der Waals surface area contributed by atoms with E-state index in [9.17, 15) is 5.11 Å². The topological polar surface area (TPSA) is 46.2 Å². The van der Waals surface area contributed by atoms with Gasteiger partial charge in [0, 0.05) is 9.50 Å². The van der Waals surface area contributed by atoms with Crippen LogP contribution in [0.5, 0.6) is 0 Å². The maximum Gasteiger partial charge on any atom is 0.0733 e. The first-order valence-corrected chi connectivity index (χ1v) is 6.97. The van der Waals surface area contributed by atoms with Crippen molar-refractivity contribution in [1.82, 2.24) is 0 Å². The molecule has 0 fully saturated rings. The van der Waals surface area contributed by atoms with E-state index in [1.807, 2.05) is 12.1 Å². The van der Waals surface area contributed by atoms with Crippen LogP contribution < -0.4 is 5.73 Å². The summed E-state index contributed by atoms with van der Waals surface area (Å²) in [6.45, 7) is 4.26. The lowest BCUT2D eigenvalue weighted by Crippen LogP contribution is -2.26. The number of hydrogen-bond acceptors (Lipinski definition) is 2. The van der Waals surface area contributed by atoms with E-state index in [2.05, 4.69) is 29.8 Å². The molecule has 104 valence electrons. The van der Waals surface area contributed by atoms with Crippen LogP contribution in [0.1, 0.15) is 38.3 Å². The number of rotatable bonds is 5. The molecule has 0 saturated heterocycles. The van der Waals surface area contributed by atoms with Gasteiger partial charge in [-0.15, -0.1) is 12.4 Å². The highest BCUT2D eigenvalue weighted by Crippen LogP contribution is 2.28. The van der Waals surface area contributed by atoms with Crippen molar-refractivity contribution in [2.24, 2.45) is 11.7 Å². The fourth-order valence-corrected chi connectivity index (χ4v) is 2.28. The molecule has 1 aromatic rings. The zero-order chi connectivity index (χ0) is 13.0. The highest BCUT2D eigenvalue weighted by atomic mass is 79.9. The minimum absolute atomic E-state index is 0. The van der Waals surface area contributed by atoms with Crippen molar-refractivity contribution in [2.75, 3.05) is 0 Å². The molecule has 0 saturated carbocycles. The third kappa shape index (κ3) is 5.45. The van der Waals surface area contributed by atoms with Crippen molar-refractivity contribution in [1.29, 1.82) is 0 Å². The molecule has 0 aromatic heterocycles. The first-order chi connectivity index (χ1) is 7.91. The molecule has 3 N–H and O–H groups in total. The maximum atomic E-state index is 10.0. The van der Waals surface area contributed by atoms with E-state index in [1.54, 1.807) is 6.07 Å². The van der Waals surface area contributed by atoms with Gasteiger partial charge in [0.15, 0.2) is 0 Å². The van der Waals surface area contributed by atoms with Crippen LogP contribution in [0.15, 0.2) is 22.7 Å². The predicted molar refractivity (Wildman–Crippen MR) is 83.4 cm³/mol. The minimum atomic E-state index is -0.552. The average Bonchev–Trinajstić information content (AvgIpc) is 2.28. The predicted octanol–water partition coefficient (Wildman–Crippen LogP) is 4.32. The van der Waals surface area contributed by atoms with Crippen LogP contribution in [-0.2, 0) is 0 Å². The van der Waals surface area contributed by atoms with E-state index >= 15 is 0 Å². The lowest BCUT2D eigenvalue weighted by Gasteiger charge is -2.21. The van der Waals surface area contributed by atoms with Crippen LogP contribution in [0.25, 0.3) is 0 Å². The Kier molecular flexibility index (Phi) is 8.48. The van der Waals surface area contributed by atoms with Gasteiger partial charge in [-0.3, -0.25) is 0 Å². The van der Waals surface area contributed by atoms with Crippen LogP contribution in [0.2, 0.25) is 5.02 Å². The molecule has 1 aromatic carbocycles. The fourth-order valence-electron chi connectivity index (χ4n) is 1.66. The summed E-state index contributed by atoms with van der Waals surface area (Å²) in [6, 6.07) is 5.08. The largest absolute Gasteiger partial charge is 0.391 e. The molecule has 0 radical (unpaired) electrons. The number of halogens is 3. The van der Waals surface area contributed by atoms with Crippen molar-refractivity contribution >= 4 is 39.9 Å². The van der Waals surface area contributed by atoms with Crippen molar-refractivity contribution in [3.05, 3.63) is 33.3 Å². The molecule has 0 bridgehead atoms. The van der Waals surface area contributed by atoms with Gasteiger partial charge in [0.1, 0.15) is 0 Å². The van der Waals surface area contributed by atoms with Crippen LogP contribution in [0, 0.1) is 5.92 Å². The maximum absolute atomic E-state index is 10.0. The van der Waals surface area contributed by atoms with E-state index in [0.29, 0.717) is 17.4 Å². The quantitative estimate of drug-likeness (QED) is 0.825. The van der Waals surface area contributed by atoms with Gasteiger partial charge in [-0.05, 0) is 42.5 Å². The summed E-state index contributed by atoms with van der Waals surface area (Å²) in [5, 5.41) is 10.6. The van der Waals surface area contributed by atoms with Crippen LogP contribution >= 0.6 is 39.9 Å². The SMILES string of the molecule is CC(C)CC[C@H](O)[C@H](N)c1cc(Br)ccc1Cl.Cl. The molecule has 18 heavy (non-hydrogen) atoms. The molecule has 0 unspecified atom stereocenters. The third-order valence-electron chi connectivity index (χ3n) is 2.77. The van der Waals surface area contributed by atoms with Gasteiger partial charge in [0.25, 0.3) is 0 Å². The van der Waals surface area contributed by atoms with Gasteiger partial charge in [0.05, 0.1) is 12.1 Å². The van der Waals surface area contributed by atoms with Crippen molar-refractivity contribution in [3.8, 4) is 0 Å². The molecule has 5 heteroatoms. The second-order valence-electron chi connectivity index (χ2n) is 4.73. The highest BCUT2D eigenvalue weighted by molar-refractivity contribution is 9.10. The van der Waals surface area contributed by atoms with Gasteiger partial charge in [0.2, 0.25) is 0 Å². The highest BCUT2D eigenvalue weighted by Gasteiger charge is 2.19. The molecule has 0 aliphatic heterocycles. The Balaban J connectivity index is 0.00000289. The zero-order valence-corrected chi connectivity index (χ0v) is 13.7. The normalized spacial score (nSPS) is 14.2. The number of aliphatic hydroxyl groups excluding tert-OH is 1. The Morgan fingerprint density at radius 1 is 1.33 bits per heavy atom. The lowest BCUT2D eigenvalue weighted by molar-refractivity contribution is 0.128. The minimum Gasteiger partial charge on any atom is -0.391 e. The standard InChI is InChI=1S/C13H19BrClNO.ClH/c1-8(2)3-6-12(17)13(16)10-7-9(14)4-5-11(10)15;/h4-5,7-8,12-13,17H,3,6,16H2,1-2H3;1H/t12-,13+;/m0./s1. The van der Waals surface area contributed by atoms with Gasteiger partial charge < -0.3 is 10.8 Å². The van der Waals surface area contributed by atoms with Crippen molar-refractivity contribution in [2.45, 2.75) is 38.8 Å².